The molecule has 21 heavy (non-hydrogen) atoms. The third kappa shape index (κ3) is 2.92. The number of likely N-dealkylation sites (tertiary alicyclic amines) is 1. The van der Waals surface area contributed by atoms with Crippen molar-refractivity contribution in [2.24, 2.45) is 0 Å². The Labute approximate surface area is 123 Å². The largest absolute Gasteiger partial charge is 0.361 e. The first-order valence-electron chi connectivity index (χ1n) is 7.21. The van der Waals surface area contributed by atoms with E-state index in [9.17, 15) is 9.59 Å². The van der Waals surface area contributed by atoms with Gasteiger partial charge in [0.15, 0.2) is 0 Å². The van der Waals surface area contributed by atoms with Crippen molar-refractivity contribution in [2.75, 3.05) is 33.3 Å². The van der Waals surface area contributed by atoms with Gasteiger partial charge in [0.1, 0.15) is 12.2 Å². The lowest BCUT2D eigenvalue weighted by Crippen LogP contribution is -2.54. The molecule has 1 N–H and O–H groups in total. The van der Waals surface area contributed by atoms with Crippen molar-refractivity contribution in [3.63, 3.8) is 0 Å². The normalized spacial score (nSPS) is 25.9. The van der Waals surface area contributed by atoms with Crippen LogP contribution in [0.5, 0.6) is 0 Å². The summed E-state index contributed by atoms with van der Waals surface area (Å²) < 4.78 is 5.74. The van der Waals surface area contributed by atoms with Crippen LogP contribution in [0.4, 0.5) is 0 Å². The highest BCUT2D eigenvalue weighted by Crippen LogP contribution is 2.29. The average Bonchev–Trinajstić information content (AvgIpc) is 3.11. The first kappa shape index (κ1) is 14.1. The van der Waals surface area contributed by atoms with E-state index in [-0.39, 0.29) is 24.0 Å². The SMILES string of the molecule is CN1C[C@@]2(CCN(C(=O)CCc3cn[nH]c3)C2)OCC1=O. The molecule has 1 aromatic rings. The van der Waals surface area contributed by atoms with Crippen LogP contribution in [0, 0.1) is 0 Å². The fourth-order valence-electron chi connectivity index (χ4n) is 3.02. The zero-order valence-corrected chi connectivity index (χ0v) is 12.2. The second-order valence-corrected chi connectivity index (χ2v) is 5.89. The number of carbonyl (C=O) groups excluding carboxylic acids is 2. The fraction of sp³-hybridized carbons (Fsp3) is 0.643. The monoisotopic (exact) mass is 292 g/mol. The molecule has 0 aliphatic carbocycles. The molecule has 0 radical (unpaired) electrons. The highest BCUT2D eigenvalue weighted by Gasteiger charge is 2.45. The van der Waals surface area contributed by atoms with Gasteiger partial charge in [0.2, 0.25) is 11.8 Å². The molecule has 0 aromatic carbocycles. The van der Waals surface area contributed by atoms with E-state index in [1.165, 1.54) is 0 Å². The second kappa shape index (κ2) is 5.48. The molecule has 7 nitrogen and oxygen atoms in total. The van der Waals surface area contributed by atoms with E-state index < -0.39 is 0 Å². The molecule has 2 amide bonds. The summed E-state index contributed by atoms with van der Waals surface area (Å²) in [5.74, 6) is 0.140. The summed E-state index contributed by atoms with van der Waals surface area (Å²) in [7, 11) is 1.79. The van der Waals surface area contributed by atoms with Gasteiger partial charge in [-0.05, 0) is 18.4 Å². The average molecular weight is 292 g/mol. The number of likely N-dealkylation sites (N-methyl/N-ethyl adjacent to an activating group) is 1. The van der Waals surface area contributed by atoms with Crippen molar-refractivity contribution in [3.8, 4) is 0 Å². The van der Waals surface area contributed by atoms with Crippen LogP contribution in [0.3, 0.4) is 0 Å². The van der Waals surface area contributed by atoms with E-state index >= 15 is 0 Å². The summed E-state index contributed by atoms with van der Waals surface area (Å²) in [6, 6.07) is 0. The molecule has 0 unspecified atom stereocenters. The van der Waals surface area contributed by atoms with E-state index in [1.807, 2.05) is 11.1 Å². The van der Waals surface area contributed by atoms with Crippen LogP contribution in [0.2, 0.25) is 0 Å². The summed E-state index contributed by atoms with van der Waals surface area (Å²) in [6.07, 6.45) is 5.51. The molecule has 3 heterocycles. The molecule has 2 aliphatic heterocycles. The van der Waals surface area contributed by atoms with Crippen LogP contribution in [-0.2, 0) is 20.7 Å². The fourth-order valence-corrected chi connectivity index (χ4v) is 3.02. The molecule has 7 heteroatoms. The molecule has 0 saturated carbocycles. The predicted octanol–water partition coefficient (Wildman–Crippen LogP) is -0.198. The molecule has 1 atom stereocenters. The van der Waals surface area contributed by atoms with Crippen LogP contribution >= 0.6 is 0 Å². The number of morpholine rings is 1. The van der Waals surface area contributed by atoms with Crippen molar-refractivity contribution in [2.45, 2.75) is 24.9 Å². The van der Waals surface area contributed by atoms with Gasteiger partial charge in [0.25, 0.3) is 0 Å². The third-order valence-corrected chi connectivity index (χ3v) is 4.30. The maximum Gasteiger partial charge on any atom is 0.248 e. The lowest BCUT2D eigenvalue weighted by molar-refractivity contribution is -0.159. The summed E-state index contributed by atoms with van der Waals surface area (Å²) in [5, 5.41) is 6.62. The summed E-state index contributed by atoms with van der Waals surface area (Å²) in [5.41, 5.74) is 0.671. The lowest BCUT2D eigenvalue weighted by atomic mass is 10.0. The Morgan fingerprint density at radius 3 is 3.10 bits per heavy atom. The molecule has 114 valence electrons. The summed E-state index contributed by atoms with van der Waals surface area (Å²) >= 11 is 0. The number of nitrogens with one attached hydrogen (secondary N) is 1. The molecule has 3 rings (SSSR count). The van der Waals surface area contributed by atoms with Crippen LogP contribution in [0.25, 0.3) is 0 Å². The van der Waals surface area contributed by atoms with E-state index in [4.69, 9.17) is 4.74 Å². The maximum absolute atomic E-state index is 12.3. The molecule has 1 spiro atoms. The Bertz CT molecular complexity index is 530. The molecule has 2 saturated heterocycles. The van der Waals surface area contributed by atoms with Gasteiger partial charge in [-0.15, -0.1) is 0 Å². The zero-order chi connectivity index (χ0) is 14.9. The number of H-pyrrole nitrogens is 1. The van der Waals surface area contributed by atoms with Gasteiger partial charge in [0.05, 0.1) is 19.3 Å². The molecule has 2 aliphatic rings. The Hall–Kier alpha value is -1.89. The number of aryl methyl sites for hydroxylation is 1. The summed E-state index contributed by atoms with van der Waals surface area (Å²) in [4.78, 5) is 27.3. The quantitative estimate of drug-likeness (QED) is 0.837. The van der Waals surface area contributed by atoms with Gasteiger partial charge in [-0.1, -0.05) is 0 Å². The van der Waals surface area contributed by atoms with Gasteiger partial charge >= 0.3 is 0 Å². The van der Waals surface area contributed by atoms with Crippen molar-refractivity contribution < 1.29 is 14.3 Å². The minimum atomic E-state index is -0.367. The van der Waals surface area contributed by atoms with Crippen LogP contribution in [0.1, 0.15) is 18.4 Å². The lowest BCUT2D eigenvalue weighted by Gasteiger charge is -2.38. The van der Waals surface area contributed by atoms with Gasteiger partial charge in [-0.2, -0.15) is 5.10 Å². The minimum absolute atomic E-state index is 0.00496. The first-order valence-corrected chi connectivity index (χ1v) is 7.21. The number of carbonyl (C=O) groups is 2. The van der Waals surface area contributed by atoms with Gasteiger partial charge < -0.3 is 14.5 Å². The second-order valence-electron chi connectivity index (χ2n) is 5.89. The number of rotatable bonds is 3. The van der Waals surface area contributed by atoms with Crippen LogP contribution in [0.15, 0.2) is 12.4 Å². The smallest absolute Gasteiger partial charge is 0.248 e. The number of hydrogen-bond acceptors (Lipinski definition) is 4. The number of aromatic nitrogens is 2. The van der Waals surface area contributed by atoms with Crippen molar-refractivity contribution in [1.29, 1.82) is 0 Å². The number of aromatic amines is 1. The number of nitrogens with zero attached hydrogens (tertiary/aromatic N) is 3. The van der Waals surface area contributed by atoms with E-state index in [0.29, 0.717) is 32.5 Å². The van der Waals surface area contributed by atoms with Gasteiger partial charge in [0, 0.05) is 26.2 Å². The molecule has 0 bridgehead atoms. The summed E-state index contributed by atoms with van der Waals surface area (Å²) in [6.45, 7) is 1.96. The topological polar surface area (TPSA) is 78.5 Å². The highest BCUT2D eigenvalue weighted by molar-refractivity contribution is 5.79. The Morgan fingerprint density at radius 1 is 1.52 bits per heavy atom. The van der Waals surface area contributed by atoms with E-state index in [0.717, 1.165) is 12.0 Å². The molecule has 1 aromatic heterocycles. The third-order valence-electron chi connectivity index (χ3n) is 4.30. The minimum Gasteiger partial charge on any atom is -0.361 e. The van der Waals surface area contributed by atoms with Gasteiger partial charge in [-0.25, -0.2) is 0 Å². The Balaban J connectivity index is 1.54. The van der Waals surface area contributed by atoms with Crippen LogP contribution in [-0.4, -0.2) is 70.7 Å². The van der Waals surface area contributed by atoms with Gasteiger partial charge in [-0.3, -0.25) is 14.7 Å². The molecular weight excluding hydrogens is 272 g/mol. The van der Waals surface area contributed by atoms with Crippen molar-refractivity contribution in [3.05, 3.63) is 18.0 Å². The van der Waals surface area contributed by atoms with Crippen molar-refractivity contribution in [1.82, 2.24) is 20.0 Å². The zero-order valence-electron chi connectivity index (χ0n) is 12.2. The van der Waals surface area contributed by atoms with Crippen molar-refractivity contribution >= 4 is 11.8 Å². The standard InChI is InChI=1S/C14H20N4O3/c1-17-9-14(21-8-13(17)20)4-5-18(10-14)12(19)3-2-11-6-15-16-7-11/h6-7H,2-5,8-10H2,1H3,(H,15,16)/t14-/m1/s1. The number of hydrogen-bond donors (Lipinski definition) is 1. The predicted molar refractivity (Wildman–Crippen MR) is 74.4 cm³/mol. The Kier molecular flexibility index (Phi) is 3.67. The number of amides is 2. The van der Waals surface area contributed by atoms with E-state index in [2.05, 4.69) is 10.2 Å². The maximum atomic E-state index is 12.3. The highest BCUT2D eigenvalue weighted by atomic mass is 16.5. The van der Waals surface area contributed by atoms with E-state index in [1.54, 1.807) is 18.1 Å². The first-order chi connectivity index (χ1) is 10.1. The number of ether oxygens (including phenoxy) is 1. The Morgan fingerprint density at radius 2 is 2.38 bits per heavy atom. The molecule has 2 fully saturated rings. The molecular formula is C14H20N4O3. The van der Waals surface area contributed by atoms with Crippen LogP contribution < -0.4 is 0 Å².